The molecule has 0 aromatic carbocycles. The fourth-order valence-corrected chi connectivity index (χ4v) is 2.25. The Morgan fingerprint density at radius 1 is 1.65 bits per heavy atom. The number of hydrogen-bond donors (Lipinski definition) is 1. The van der Waals surface area contributed by atoms with E-state index in [2.05, 4.69) is 10.3 Å². The molecule has 5 nitrogen and oxygen atoms in total. The zero-order valence-corrected chi connectivity index (χ0v) is 10.3. The molecule has 1 N–H and O–H groups in total. The van der Waals surface area contributed by atoms with Crippen molar-refractivity contribution in [2.45, 2.75) is 31.8 Å². The molecular formula is C12H19N3O2. The van der Waals surface area contributed by atoms with Crippen LogP contribution in [0.2, 0.25) is 0 Å². The molecule has 0 spiro atoms. The second kappa shape index (κ2) is 4.87. The molecule has 0 bridgehead atoms. The van der Waals surface area contributed by atoms with Crippen molar-refractivity contribution in [3.8, 4) is 0 Å². The molecule has 0 aliphatic heterocycles. The quantitative estimate of drug-likeness (QED) is 0.744. The van der Waals surface area contributed by atoms with Gasteiger partial charge >= 0.3 is 5.97 Å². The number of nitrogens with zero attached hydrogens (tertiary/aromatic N) is 2. The molecule has 17 heavy (non-hydrogen) atoms. The van der Waals surface area contributed by atoms with Gasteiger partial charge in [0.1, 0.15) is 5.54 Å². The number of nitrogens with one attached hydrogen (secondary N) is 1. The highest BCUT2D eigenvalue weighted by atomic mass is 16.5. The summed E-state index contributed by atoms with van der Waals surface area (Å²) in [5.41, 5.74) is -0.600. The predicted molar refractivity (Wildman–Crippen MR) is 63.4 cm³/mol. The number of imidazole rings is 1. The lowest BCUT2D eigenvalue weighted by Crippen LogP contribution is -2.56. The monoisotopic (exact) mass is 237 g/mol. The van der Waals surface area contributed by atoms with Crippen LogP contribution in [0, 0.1) is 5.92 Å². The zero-order valence-electron chi connectivity index (χ0n) is 10.3. The third-order valence-electron chi connectivity index (χ3n) is 3.35. The molecule has 0 saturated heterocycles. The number of esters is 1. The number of carbonyl (C=O) groups excluding carboxylic acids is 1. The van der Waals surface area contributed by atoms with Gasteiger partial charge in [-0.05, 0) is 32.7 Å². The minimum absolute atomic E-state index is 0.154. The third-order valence-corrected chi connectivity index (χ3v) is 3.35. The van der Waals surface area contributed by atoms with Gasteiger partial charge in [0.05, 0.1) is 19.5 Å². The van der Waals surface area contributed by atoms with E-state index in [1.54, 1.807) is 12.5 Å². The van der Waals surface area contributed by atoms with Crippen molar-refractivity contribution >= 4 is 5.97 Å². The second-order valence-corrected chi connectivity index (χ2v) is 4.45. The van der Waals surface area contributed by atoms with E-state index in [9.17, 15) is 4.79 Å². The summed E-state index contributed by atoms with van der Waals surface area (Å²) < 4.78 is 7.14. The molecule has 1 unspecified atom stereocenters. The van der Waals surface area contributed by atoms with E-state index in [-0.39, 0.29) is 5.97 Å². The molecule has 94 valence electrons. The highest BCUT2D eigenvalue weighted by Gasteiger charge is 2.51. The van der Waals surface area contributed by atoms with Gasteiger partial charge in [0, 0.05) is 12.4 Å². The first kappa shape index (κ1) is 12.1. The van der Waals surface area contributed by atoms with Crippen LogP contribution in [-0.2, 0) is 16.1 Å². The van der Waals surface area contributed by atoms with E-state index in [4.69, 9.17) is 4.74 Å². The highest BCUT2D eigenvalue weighted by Crippen LogP contribution is 2.41. The summed E-state index contributed by atoms with van der Waals surface area (Å²) in [4.78, 5) is 16.2. The van der Waals surface area contributed by atoms with Gasteiger partial charge in [0.2, 0.25) is 0 Å². The molecular weight excluding hydrogens is 218 g/mol. The topological polar surface area (TPSA) is 56.2 Å². The standard InChI is InChI=1S/C12H19N3O2/c1-3-17-11(16)12(13-2,10-4-5-10)8-15-7-6-14-9-15/h6-7,9-10,13H,3-5,8H2,1-2H3. The first-order valence-electron chi connectivity index (χ1n) is 6.05. The lowest BCUT2D eigenvalue weighted by Gasteiger charge is -2.31. The van der Waals surface area contributed by atoms with E-state index < -0.39 is 5.54 Å². The normalized spacial score (nSPS) is 18.7. The predicted octanol–water partition coefficient (Wildman–Crippen LogP) is 0.814. The summed E-state index contributed by atoms with van der Waals surface area (Å²) in [5.74, 6) is 0.215. The van der Waals surface area contributed by atoms with E-state index in [1.165, 1.54) is 0 Å². The second-order valence-electron chi connectivity index (χ2n) is 4.45. The smallest absolute Gasteiger partial charge is 0.328 e. The van der Waals surface area contributed by atoms with Gasteiger partial charge in [-0.2, -0.15) is 0 Å². The van der Waals surface area contributed by atoms with Crippen molar-refractivity contribution in [3.63, 3.8) is 0 Å². The summed E-state index contributed by atoms with van der Waals surface area (Å²) in [5, 5.41) is 3.18. The first-order chi connectivity index (χ1) is 8.23. The van der Waals surface area contributed by atoms with Crippen LogP contribution >= 0.6 is 0 Å². The molecule has 1 aliphatic carbocycles. The van der Waals surface area contributed by atoms with Crippen LogP contribution < -0.4 is 5.32 Å². The Kier molecular flexibility index (Phi) is 3.47. The molecule has 1 aliphatic rings. The Hall–Kier alpha value is -1.36. The van der Waals surface area contributed by atoms with Gasteiger partial charge in [-0.1, -0.05) is 0 Å². The lowest BCUT2D eigenvalue weighted by molar-refractivity contribution is -0.152. The molecule has 5 heteroatoms. The van der Waals surface area contributed by atoms with Crippen molar-refractivity contribution in [2.75, 3.05) is 13.7 Å². The third kappa shape index (κ3) is 2.34. The Morgan fingerprint density at radius 3 is 2.88 bits per heavy atom. The van der Waals surface area contributed by atoms with Crippen LogP contribution in [0.5, 0.6) is 0 Å². The van der Waals surface area contributed by atoms with E-state index in [0.29, 0.717) is 19.1 Å². The van der Waals surface area contributed by atoms with Gasteiger partial charge in [0.25, 0.3) is 0 Å². The average molecular weight is 237 g/mol. The van der Waals surface area contributed by atoms with E-state index in [1.807, 2.05) is 24.7 Å². The fourth-order valence-electron chi connectivity index (χ4n) is 2.25. The van der Waals surface area contributed by atoms with E-state index >= 15 is 0 Å². The molecule has 1 aromatic rings. The van der Waals surface area contributed by atoms with Crippen LogP contribution in [0.25, 0.3) is 0 Å². The van der Waals surface area contributed by atoms with Crippen LogP contribution in [-0.4, -0.2) is 34.7 Å². The molecule has 1 heterocycles. The van der Waals surface area contributed by atoms with Gasteiger partial charge in [-0.15, -0.1) is 0 Å². The van der Waals surface area contributed by atoms with Crippen molar-refractivity contribution in [1.29, 1.82) is 0 Å². The zero-order chi connectivity index (χ0) is 12.3. The Labute approximate surface area is 101 Å². The maximum Gasteiger partial charge on any atom is 0.328 e. The van der Waals surface area contributed by atoms with Gasteiger partial charge < -0.3 is 14.6 Å². The summed E-state index contributed by atoms with van der Waals surface area (Å²) in [6, 6.07) is 0. The Morgan fingerprint density at radius 2 is 2.41 bits per heavy atom. The van der Waals surface area contributed by atoms with Crippen LogP contribution in [0.4, 0.5) is 0 Å². The average Bonchev–Trinajstić information content (AvgIpc) is 3.05. The molecule has 1 fully saturated rings. The van der Waals surface area contributed by atoms with E-state index in [0.717, 1.165) is 12.8 Å². The summed E-state index contributed by atoms with van der Waals surface area (Å²) >= 11 is 0. The molecule has 2 rings (SSSR count). The molecule has 0 amide bonds. The van der Waals surface area contributed by atoms with Crippen LogP contribution in [0.1, 0.15) is 19.8 Å². The van der Waals surface area contributed by atoms with Crippen molar-refractivity contribution in [1.82, 2.24) is 14.9 Å². The first-order valence-corrected chi connectivity index (χ1v) is 6.05. The van der Waals surface area contributed by atoms with Crippen molar-refractivity contribution in [3.05, 3.63) is 18.7 Å². The minimum Gasteiger partial charge on any atom is -0.465 e. The number of rotatable bonds is 6. The van der Waals surface area contributed by atoms with Gasteiger partial charge in [-0.3, -0.25) is 0 Å². The van der Waals surface area contributed by atoms with Crippen molar-refractivity contribution < 1.29 is 9.53 Å². The highest BCUT2D eigenvalue weighted by molar-refractivity contribution is 5.81. The molecule has 0 radical (unpaired) electrons. The SMILES string of the molecule is CCOC(=O)C(Cn1ccnc1)(NC)C1CC1. The largest absolute Gasteiger partial charge is 0.465 e. The summed E-state index contributed by atoms with van der Waals surface area (Å²) in [6.45, 7) is 2.83. The van der Waals surface area contributed by atoms with Crippen LogP contribution in [0.15, 0.2) is 18.7 Å². The molecule has 1 aromatic heterocycles. The number of hydrogen-bond acceptors (Lipinski definition) is 4. The van der Waals surface area contributed by atoms with Crippen LogP contribution in [0.3, 0.4) is 0 Å². The molecule has 1 atom stereocenters. The number of ether oxygens (including phenoxy) is 1. The maximum absolute atomic E-state index is 12.2. The van der Waals surface area contributed by atoms with Gasteiger partial charge in [0.15, 0.2) is 0 Å². The summed E-state index contributed by atoms with van der Waals surface area (Å²) in [7, 11) is 1.83. The fraction of sp³-hybridized carbons (Fsp3) is 0.667. The van der Waals surface area contributed by atoms with Gasteiger partial charge in [-0.25, -0.2) is 9.78 Å². The Balaban J connectivity index is 2.19. The maximum atomic E-state index is 12.2. The number of likely N-dealkylation sites (N-methyl/N-ethyl adjacent to an activating group) is 1. The van der Waals surface area contributed by atoms with Crippen molar-refractivity contribution in [2.24, 2.45) is 5.92 Å². The molecule has 1 saturated carbocycles. The number of aromatic nitrogens is 2. The minimum atomic E-state index is -0.600. The Bertz CT molecular complexity index is 373. The number of carbonyl (C=O) groups is 1. The summed E-state index contributed by atoms with van der Waals surface area (Å²) in [6.07, 6.45) is 7.47. The lowest BCUT2D eigenvalue weighted by atomic mass is 9.93.